The van der Waals surface area contributed by atoms with E-state index in [9.17, 15) is 0 Å². The second-order valence-corrected chi connectivity index (χ2v) is 6.73. The zero-order valence-electron chi connectivity index (χ0n) is 13.3. The largest absolute Gasteiger partial charge is 0.312 e. The molecule has 5 heteroatoms. The van der Waals surface area contributed by atoms with Crippen LogP contribution < -0.4 is 0 Å². The van der Waals surface area contributed by atoms with E-state index < -0.39 is 0 Å². The summed E-state index contributed by atoms with van der Waals surface area (Å²) in [5, 5.41) is 4.63. The minimum atomic E-state index is 0.464. The maximum absolute atomic E-state index is 5.99. The zero-order chi connectivity index (χ0) is 15.0. The van der Waals surface area contributed by atoms with E-state index in [0.29, 0.717) is 11.3 Å². The molecule has 0 N–H and O–H groups in total. The van der Waals surface area contributed by atoms with Crippen molar-refractivity contribution in [2.24, 2.45) is 12.5 Å². The number of nitrogens with zero attached hydrogens (tertiary/aromatic N) is 4. The van der Waals surface area contributed by atoms with Gasteiger partial charge in [0.25, 0.3) is 0 Å². The number of imidazole rings is 1. The van der Waals surface area contributed by atoms with Crippen LogP contribution in [0.4, 0.5) is 0 Å². The average molecular weight is 309 g/mol. The van der Waals surface area contributed by atoms with Gasteiger partial charge in [-0.05, 0) is 31.1 Å². The van der Waals surface area contributed by atoms with Crippen LogP contribution >= 0.6 is 11.6 Å². The predicted molar refractivity (Wildman–Crippen MR) is 86.9 cm³/mol. The van der Waals surface area contributed by atoms with Gasteiger partial charge in [-0.25, -0.2) is 4.98 Å². The standard InChI is InChI=1S/C16H25ClN4/c1-4-12-14-15(20(3)19-12)21(13(18-14)7-10-17)11-16(5-2)8-6-9-16/h4-11H2,1-3H3. The van der Waals surface area contributed by atoms with Crippen LogP contribution in [0.15, 0.2) is 0 Å². The Hall–Kier alpha value is -1.03. The molecular formula is C16H25ClN4. The third-order valence-corrected chi connectivity index (χ3v) is 5.37. The minimum absolute atomic E-state index is 0.464. The van der Waals surface area contributed by atoms with Crippen molar-refractivity contribution in [1.29, 1.82) is 0 Å². The summed E-state index contributed by atoms with van der Waals surface area (Å²) in [5.74, 6) is 1.75. The molecule has 2 aromatic heterocycles. The molecule has 0 amide bonds. The molecule has 0 radical (unpaired) electrons. The van der Waals surface area contributed by atoms with Gasteiger partial charge in [0.2, 0.25) is 0 Å². The second-order valence-electron chi connectivity index (χ2n) is 6.36. The smallest absolute Gasteiger partial charge is 0.158 e. The van der Waals surface area contributed by atoms with Crippen LogP contribution in [-0.2, 0) is 26.4 Å². The fourth-order valence-electron chi connectivity index (χ4n) is 3.60. The first-order valence-electron chi connectivity index (χ1n) is 8.11. The number of hydrogen-bond acceptors (Lipinski definition) is 2. The lowest BCUT2D eigenvalue weighted by molar-refractivity contribution is 0.100. The van der Waals surface area contributed by atoms with Crippen molar-refractivity contribution in [2.75, 3.05) is 5.88 Å². The molecule has 2 aromatic rings. The lowest BCUT2D eigenvalue weighted by Gasteiger charge is -2.42. The molecule has 0 saturated heterocycles. The summed E-state index contributed by atoms with van der Waals surface area (Å²) >= 11 is 5.99. The van der Waals surface area contributed by atoms with Crippen molar-refractivity contribution in [1.82, 2.24) is 19.3 Å². The fourth-order valence-corrected chi connectivity index (χ4v) is 3.77. The van der Waals surface area contributed by atoms with E-state index in [4.69, 9.17) is 16.6 Å². The maximum atomic E-state index is 5.99. The topological polar surface area (TPSA) is 35.6 Å². The second kappa shape index (κ2) is 5.64. The molecule has 3 rings (SSSR count). The number of alkyl halides is 1. The first-order chi connectivity index (χ1) is 10.1. The Kier molecular flexibility index (Phi) is 4.00. The number of fused-ring (bicyclic) bond motifs is 1. The SMILES string of the molecule is CCc1nn(C)c2c1nc(CCCl)n2CC1(CC)CCC1. The predicted octanol–water partition coefficient (Wildman–Crippen LogP) is 3.69. The van der Waals surface area contributed by atoms with Gasteiger partial charge in [0.15, 0.2) is 5.65 Å². The van der Waals surface area contributed by atoms with Gasteiger partial charge in [-0.1, -0.05) is 20.3 Å². The first kappa shape index (κ1) is 14.9. The van der Waals surface area contributed by atoms with Crippen LogP contribution in [0, 0.1) is 5.41 Å². The van der Waals surface area contributed by atoms with Gasteiger partial charge in [-0.15, -0.1) is 11.6 Å². The van der Waals surface area contributed by atoms with Gasteiger partial charge in [0, 0.05) is 25.9 Å². The summed E-state index contributed by atoms with van der Waals surface area (Å²) in [6.45, 7) is 5.52. The Morgan fingerprint density at radius 3 is 2.57 bits per heavy atom. The molecule has 21 heavy (non-hydrogen) atoms. The Labute approximate surface area is 131 Å². The summed E-state index contributed by atoms with van der Waals surface area (Å²) in [5.41, 5.74) is 3.81. The first-order valence-corrected chi connectivity index (χ1v) is 8.64. The summed E-state index contributed by atoms with van der Waals surface area (Å²) in [4.78, 5) is 4.87. The number of aryl methyl sites for hydroxylation is 3. The molecule has 0 atom stereocenters. The van der Waals surface area contributed by atoms with Crippen molar-refractivity contribution >= 4 is 22.8 Å². The average Bonchev–Trinajstić information content (AvgIpc) is 2.93. The van der Waals surface area contributed by atoms with Crippen LogP contribution in [0.3, 0.4) is 0 Å². The molecule has 0 aliphatic heterocycles. The molecule has 2 heterocycles. The fraction of sp³-hybridized carbons (Fsp3) is 0.750. The lowest BCUT2D eigenvalue weighted by atomic mass is 9.67. The Bertz CT molecular complexity index is 631. The molecule has 0 bridgehead atoms. The molecule has 0 unspecified atom stereocenters. The monoisotopic (exact) mass is 308 g/mol. The van der Waals surface area contributed by atoms with Crippen molar-refractivity contribution in [3.8, 4) is 0 Å². The Balaban J connectivity index is 2.09. The lowest BCUT2D eigenvalue weighted by Crippen LogP contribution is -2.34. The summed E-state index contributed by atoms with van der Waals surface area (Å²) in [7, 11) is 2.03. The minimum Gasteiger partial charge on any atom is -0.312 e. The van der Waals surface area contributed by atoms with Crippen LogP contribution in [0.1, 0.15) is 51.0 Å². The van der Waals surface area contributed by atoms with Gasteiger partial charge >= 0.3 is 0 Å². The zero-order valence-corrected chi connectivity index (χ0v) is 14.1. The third kappa shape index (κ3) is 2.37. The van der Waals surface area contributed by atoms with Gasteiger partial charge in [0.05, 0.1) is 5.69 Å². The van der Waals surface area contributed by atoms with Gasteiger partial charge in [-0.2, -0.15) is 5.10 Å². The van der Waals surface area contributed by atoms with Crippen molar-refractivity contribution in [2.45, 2.75) is 58.9 Å². The number of hydrogen-bond donors (Lipinski definition) is 0. The molecular weight excluding hydrogens is 284 g/mol. The molecule has 1 aliphatic rings. The number of aromatic nitrogens is 4. The van der Waals surface area contributed by atoms with Crippen molar-refractivity contribution in [3.63, 3.8) is 0 Å². The summed E-state index contributed by atoms with van der Waals surface area (Å²) in [6, 6.07) is 0. The maximum Gasteiger partial charge on any atom is 0.158 e. The van der Waals surface area contributed by atoms with Gasteiger partial charge < -0.3 is 4.57 Å². The molecule has 116 valence electrons. The number of rotatable bonds is 6. The molecule has 0 aromatic carbocycles. The van der Waals surface area contributed by atoms with Gasteiger partial charge in [0.1, 0.15) is 11.3 Å². The van der Waals surface area contributed by atoms with E-state index in [1.54, 1.807) is 0 Å². The van der Waals surface area contributed by atoms with E-state index >= 15 is 0 Å². The Morgan fingerprint density at radius 2 is 2.05 bits per heavy atom. The van der Waals surface area contributed by atoms with Crippen LogP contribution in [-0.4, -0.2) is 25.2 Å². The summed E-state index contributed by atoms with van der Waals surface area (Å²) in [6.07, 6.45) is 7.03. The van der Waals surface area contributed by atoms with Crippen LogP contribution in [0.2, 0.25) is 0 Å². The highest BCUT2D eigenvalue weighted by Gasteiger charge is 2.36. The quantitative estimate of drug-likeness (QED) is 0.763. The molecule has 4 nitrogen and oxygen atoms in total. The summed E-state index contributed by atoms with van der Waals surface area (Å²) < 4.78 is 4.40. The van der Waals surface area contributed by atoms with Crippen molar-refractivity contribution < 1.29 is 0 Å². The van der Waals surface area contributed by atoms with E-state index in [1.807, 2.05) is 11.7 Å². The third-order valence-electron chi connectivity index (χ3n) is 5.18. The highest BCUT2D eigenvalue weighted by atomic mass is 35.5. The normalized spacial score (nSPS) is 17.3. The van der Waals surface area contributed by atoms with Crippen LogP contribution in [0.5, 0.6) is 0 Å². The van der Waals surface area contributed by atoms with E-state index in [1.165, 1.54) is 31.3 Å². The molecule has 1 saturated carbocycles. The molecule has 1 fully saturated rings. The molecule has 0 spiro atoms. The highest BCUT2D eigenvalue weighted by Crippen LogP contribution is 2.45. The van der Waals surface area contributed by atoms with Crippen LogP contribution in [0.25, 0.3) is 11.2 Å². The highest BCUT2D eigenvalue weighted by molar-refractivity contribution is 6.17. The van der Waals surface area contributed by atoms with E-state index in [2.05, 4.69) is 23.5 Å². The van der Waals surface area contributed by atoms with Crippen molar-refractivity contribution in [3.05, 3.63) is 11.5 Å². The Morgan fingerprint density at radius 1 is 1.29 bits per heavy atom. The number of halogens is 1. The van der Waals surface area contributed by atoms with Gasteiger partial charge in [-0.3, -0.25) is 4.68 Å². The van der Waals surface area contributed by atoms with E-state index in [-0.39, 0.29) is 0 Å². The molecule has 1 aliphatic carbocycles. The van der Waals surface area contributed by atoms with E-state index in [0.717, 1.165) is 36.4 Å².